The van der Waals surface area contributed by atoms with Gasteiger partial charge in [-0.15, -0.1) is 0 Å². The van der Waals surface area contributed by atoms with Gasteiger partial charge in [-0.05, 0) is 29.8 Å². The number of sulfonamides is 1. The van der Waals surface area contributed by atoms with Crippen molar-refractivity contribution in [3.63, 3.8) is 0 Å². The normalized spacial score (nSPS) is 12.8. The van der Waals surface area contributed by atoms with Gasteiger partial charge in [-0.1, -0.05) is 30.3 Å². The summed E-state index contributed by atoms with van der Waals surface area (Å²) in [5, 5.41) is 18.9. The quantitative estimate of drug-likeness (QED) is 0.913. The van der Waals surface area contributed by atoms with E-state index in [0.29, 0.717) is 11.1 Å². The van der Waals surface area contributed by atoms with Crippen LogP contribution in [0.25, 0.3) is 0 Å². The highest BCUT2D eigenvalue weighted by Crippen LogP contribution is 2.19. The summed E-state index contributed by atoms with van der Waals surface area (Å²) in [5.41, 5.74) is 1.05. The number of nitriles is 1. The van der Waals surface area contributed by atoms with Crippen molar-refractivity contribution in [1.29, 1.82) is 5.26 Å². The zero-order valence-electron chi connectivity index (χ0n) is 12.0. The summed E-state index contributed by atoms with van der Waals surface area (Å²) in [5.74, 6) is 0. The van der Waals surface area contributed by atoms with E-state index < -0.39 is 16.1 Å². The molecule has 1 unspecified atom stereocenters. The molecule has 0 bridgehead atoms. The lowest BCUT2D eigenvalue weighted by Crippen LogP contribution is -2.31. The van der Waals surface area contributed by atoms with Crippen LogP contribution in [-0.2, 0) is 10.0 Å². The molecule has 22 heavy (non-hydrogen) atoms. The van der Waals surface area contributed by atoms with Gasteiger partial charge in [0.25, 0.3) is 0 Å². The van der Waals surface area contributed by atoms with E-state index in [1.165, 1.54) is 31.3 Å². The minimum absolute atomic E-state index is 0.0493. The van der Waals surface area contributed by atoms with E-state index in [0.717, 1.165) is 4.31 Å². The molecule has 2 aromatic rings. The molecule has 0 amide bonds. The number of aliphatic hydroxyl groups excluding tert-OH is 1. The van der Waals surface area contributed by atoms with Crippen molar-refractivity contribution in [1.82, 2.24) is 4.31 Å². The lowest BCUT2D eigenvalue weighted by atomic mass is 10.1. The molecule has 0 heterocycles. The standard InChI is InChI=1S/C16H16N2O3S/c1-18(12-16(19)14-5-3-2-4-6-14)22(20,21)15-9-7-13(11-17)8-10-15/h2-10,16,19H,12H2,1H3. The zero-order chi connectivity index (χ0) is 16.2. The van der Waals surface area contributed by atoms with Gasteiger partial charge in [0, 0.05) is 13.6 Å². The molecule has 0 aliphatic heterocycles. The number of aliphatic hydroxyl groups is 1. The number of benzene rings is 2. The van der Waals surface area contributed by atoms with Crippen molar-refractivity contribution in [2.45, 2.75) is 11.0 Å². The second-order valence-corrected chi connectivity index (χ2v) is 6.89. The first-order valence-electron chi connectivity index (χ1n) is 6.64. The van der Waals surface area contributed by atoms with Crippen molar-refractivity contribution in [3.05, 3.63) is 65.7 Å². The molecule has 1 N–H and O–H groups in total. The lowest BCUT2D eigenvalue weighted by Gasteiger charge is -2.21. The Kier molecular flexibility index (Phi) is 4.93. The van der Waals surface area contributed by atoms with Crippen molar-refractivity contribution in [2.75, 3.05) is 13.6 Å². The summed E-state index contributed by atoms with van der Waals surface area (Å²) < 4.78 is 26.0. The van der Waals surface area contributed by atoms with Gasteiger partial charge in [-0.2, -0.15) is 9.57 Å². The van der Waals surface area contributed by atoms with Crippen LogP contribution in [0.2, 0.25) is 0 Å². The Bertz CT molecular complexity index is 765. The molecular weight excluding hydrogens is 300 g/mol. The Balaban J connectivity index is 2.16. The van der Waals surface area contributed by atoms with Gasteiger partial charge in [0.1, 0.15) is 0 Å². The highest BCUT2D eigenvalue weighted by atomic mass is 32.2. The number of likely N-dealkylation sites (N-methyl/N-ethyl adjacent to an activating group) is 1. The lowest BCUT2D eigenvalue weighted by molar-refractivity contribution is 0.155. The molecule has 0 saturated heterocycles. The fraction of sp³-hybridized carbons (Fsp3) is 0.188. The van der Waals surface area contributed by atoms with Crippen molar-refractivity contribution < 1.29 is 13.5 Å². The second-order valence-electron chi connectivity index (χ2n) is 4.85. The molecule has 2 aromatic carbocycles. The van der Waals surface area contributed by atoms with E-state index >= 15 is 0 Å². The number of hydrogen-bond acceptors (Lipinski definition) is 4. The van der Waals surface area contributed by atoms with Gasteiger partial charge in [0.05, 0.1) is 22.6 Å². The molecule has 0 aliphatic carbocycles. The Morgan fingerprint density at radius 1 is 1.14 bits per heavy atom. The predicted octanol–water partition coefficient (Wildman–Crippen LogP) is 1.91. The Hall–Kier alpha value is -2.20. The molecule has 1 atom stereocenters. The van der Waals surface area contributed by atoms with E-state index in [1.54, 1.807) is 24.3 Å². The highest BCUT2D eigenvalue weighted by molar-refractivity contribution is 7.89. The summed E-state index contributed by atoms with van der Waals surface area (Å²) in [6.07, 6.45) is -0.903. The highest BCUT2D eigenvalue weighted by Gasteiger charge is 2.23. The van der Waals surface area contributed by atoms with Crippen LogP contribution >= 0.6 is 0 Å². The summed E-state index contributed by atoms with van der Waals surface area (Å²) in [7, 11) is -2.29. The minimum atomic E-state index is -3.70. The van der Waals surface area contributed by atoms with Crippen LogP contribution in [-0.4, -0.2) is 31.4 Å². The topological polar surface area (TPSA) is 81.4 Å². The third-order valence-corrected chi connectivity index (χ3v) is 5.14. The summed E-state index contributed by atoms with van der Waals surface area (Å²) in [6.45, 7) is -0.0493. The first-order valence-corrected chi connectivity index (χ1v) is 8.08. The Morgan fingerprint density at radius 3 is 2.27 bits per heavy atom. The van der Waals surface area contributed by atoms with Crippen molar-refractivity contribution in [3.8, 4) is 6.07 Å². The third kappa shape index (κ3) is 3.52. The van der Waals surface area contributed by atoms with Crippen LogP contribution in [0.3, 0.4) is 0 Å². The predicted molar refractivity (Wildman–Crippen MR) is 82.4 cm³/mol. The summed E-state index contributed by atoms with van der Waals surface area (Å²) in [4.78, 5) is 0.0919. The van der Waals surface area contributed by atoms with Gasteiger partial charge in [0.15, 0.2) is 0 Å². The smallest absolute Gasteiger partial charge is 0.242 e. The minimum Gasteiger partial charge on any atom is -0.387 e. The Labute approximate surface area is 130 Å². The molecule has 0 radical (unpaired) electrons. The maximum atomic E-state index is 12.4. The van der Waals surface area contributed by atoms with E-state index in [1.807, 2.05) is 12.1 Å². The van der Waals surface area contributed by atoms with Crippen LogP contribution in [0.1, 0.15) is 17.2 Å². The largest absolute Gasteiger partial charge is 0.387 e. The monoisotopic (exact) mass is 316 g/mol. The molecule has 6 heteroatoms. The molecule has 114 valence electrons. The zero-order valence-corrected chi connectivity index (χ0v) is 12.9. The molecule has 2 rings (SSSR count). The first kappa shape index (κ1) is 16.2. The molecule has 0 spiro atoms. The number of hydrogen-bond donors (Lipinski definition) is 1. The molecule has 0 aromatic heterocycles. The van der Waals surface area contributed by atoms with Crippen LogP contribution in [0.4, 0.5) is 0 Å². The fourth-order valence-corrected chi connectivity index (χ4v) is 3.18. The van der Waals surface area contributed by atoms with E-state index in [-0.39, 0.29) is 11.4 Å². The first-order chi connectivity index (χ1) is 10.4. The fourth-order valence-electron chi connectivity index (χ4n) is 2.00. The molecule has 0 fully saturated rings. The third-order valence-electron chi connectivity index (χ3n) is 3.31. The summed E-state index contributed by atoms with van der Waals surface area (Å²) >= 11 is 0. The molecular formula is C16H16N2O3S. The van der Waals surface area contributed by atoms with Gasteiger partial charge in [-0.25, -0.2) is 8.42 Å². The van der Waals surface area contributed by atoms with Gasteiger partial charge in [0.2, 0.25) is 10.0 Å². The maximum Gasteiger partial charge on any atom is 0.242 e. The van der Waals surface area contributed by atoms with Crippen LogP contribution in [0, 0.1) is 11.3 Å². The molecule has 5 nitrogen and oxygen atoms in total. The number of nitrogens with zero attached hydrogens (tertiary/aromatic N) is 2. The average molecular weight is 316 g/mol. The van der Waals surface area contributed by atoms with E-state index in [9.17, 15) is 13.5 Å². The van der Waals surface area contributed by atoms with Crippen LogP contribution < -0.4 is 0 Å². The number of rotatable bonds is 5. The van der Waals surface area contributed by atoms with Crippen molar-refractivity contribution in [2.24, 2.45) is 0 Å². The molecule has 0 aliphatic rings. The van der Waals surface area contributed by atoms with E-state index in [4.69, 9.17) is 5.26 Å². The van der Waals surface area contributed by atoms with Crippen LogP contribution in [0.15, 0.2) is 59.5 Å². The Morgan fingerprint density at radius 2 is 1.73 bits per heavy atom. The second kappa shape index (κ2) is 6.71. The van der Waals surface area contributed by atoms with Gasteiger partial charge < -0.3 is 5.11 Å². The van der Waals surface area contributed by atoms with Gasteiger partial charge in [-0.3, -0.25) is 0 Å². The van der Waals surface area contributed by atoms with Crippen molar-refractivity contribution >= 4 is 10.0 Å². The summed E-state index contributed by atoms with van der Waals surface area (Å²) in [6, 6.07) is 16.5. The maximum absolute atomic E-state index is 12.4. The molecule has 0 saturated carbocycles. The van der Waals surface area contributed by atoms with Gasteiger partial charge >= 0.3 is 0 Å². The SMILES string of the molecule is CN(CC(O)c1ccccc1)S(=O)(=O)c1ccc(C#N)cc1. The average Bonchev–Trinajstić information content (AvgIpc) is 2.55. The van der Waals surface area contributed by atoms with E-state index in [2.05, 4.69) is 0 Å². The van der Waals surface area contributed by atoms with Crippen LogP contribution in [0.5, 0.6) is 0 Å².